The molecule has 2 aliphatic rings. The second-order valence-electron chi connectivity index (χ2n) is 7.00. The lowest BCUT2D eigenvalue weighted by Crippen LogP contribution is -2.41. The molecule has 0 N–H and O–H groups in total. The first-order valence-corrected chi connectivity index (χ1v) is 9.28. The summed E-state index contributed by atoms with van der Waals surface area (Å²) in [6.07, 6.45) is 4.02. The van der Waals surface area contributed by atoms with Crippen molar-refractivity contribution in [3.8, 4) is 0 Å². The summed E-state index contributed by atoms with van der Waals surface area (Å²) >= 11 is 0. The van der Waals surface area contributed by atoms with E-state index in [1.54, 1.807) is 0 Å². The highest BCUT2D eigenvalue weighted by molar-refractivity contribution is 6.09. The van der Waals surface area contributed by atoms with Crippen LogP contribution in [0.15, 0.2) is 24.3 Å². The Bertz CT molecular complexity index is 630. The van der Waals surface area contributed by atoms with Crippen LogP contribution in [-0.2, 0) is 21.4 Å². The van der Waals surface area contributed by atoms with Gasteiger partial charge < -0.3 is 4.90 Å². The van der Waals surface area contributed by atoms with E-state index in [-0.39, 0.29) is 24.2 Å². The number of rotatable bonds is 6. The molecule has 25 heavy (non-hydrogen) atoms. The smallest absolute Gasteiger partial charge is 0.240 e. The number of amides is 2. The van der Waals surface area contributed by atoms with E-state index >= 15 is 0 Å². The van der Waals surface area contributed by atoms with Gasteiger partial charge in [-0.2, -0.15) is 0 Å². The van der Waals surface area contributed by atoms with E-state index in [4.69, 9.17) is 0 Å². The second-order valence-corrected chi connectivity index (χ2v) is 7.00. The Morgan fingerprint density at radius 3 is 2.60 bits per heavy atom. The molecule has 138 valence electrons. The molecule has 1 aliphatic carbocycles. The van der Waals surface area contributed by atoms with Crippen LogP contribution in [0, 0.1) is 0 Å². The Balaban J connectivity index is 0.00000225. The van der Waals surface area contributed by atoms with E-state index in [1.165, 1.54) is 10.5 Å². The molecule has 2 amide bonds. The summed E-state index contributed by atoms with van der Waals surface area (Å²) in [7, 11) is 0. The van der Waals surface area contributed by atoms with Crippen molar-refractivity contribution < 1.29 is 9.59 Å². The van der Waals surface area contributed by atoms with Gasteiger partial charge in [-0.25, -0.2) is 0 Å². The number of imide groups is 1. The second kappa shape index (κ2) is 8.33. The van der Waals surface area contributed by atoms with Crippen molar-refractivity contribution in [2.75, 3.05) is 26.2 Å². The number of carbonyl (C=O) groups is 2. The number of halogens is 1. The molecule has 0 radical (unpaired) electrons. The molecule has 1 saturated heterocycles. The summed E-state index contributed by atoms with van der Waals surface area (Å²) in [5.74, 6) is 0.0513. The summed E-state index contributed by atoms with van der Waals surface area (Å²) in [6, 6.07) is 8.18. The third-order valence-corrected chi connectivity index (χ3v) is 5.74. The summed E-state index contributed by atoms with van der Waals surface area (Å²) < 4.78 is 0. The fraction of sp³-hybridized carbons (Fsp3) is 0.600. The predicted octanol–water partition coefficient (Wildman–Crippen LogP) is 3.17. The Morgan fingerprint density at radius 1 is 1.16 bits per heavy atom. The topological polar surface area (TPSA) is 40.6 Å². The third kappa shape index (κ3) is 3.61. The van der Waals surface area contributed by atoms with Crippen molar-refractivity contribution in [2.45, 2.75) is 51.4 Å². The lowest BCUT2D eigenvalue weighted by Gasteiger charge is -2.33. The normalized spacial score (nSPS) is 22.4. The van der Waals surface area contributed by atoms with Crippen LogP contribution in [0.4, 0.5) is 0 Å². The van der Waals surface area contributed by atoms with Gasteiger partial charge in [0.2, 0.25) is 11.8 Å². The number of fused-ring (bicyclic) bond motifs is 2. The van der Waals surface area contributed by atoms with E-state index in [0.29, 0.717) is 13.0 Å². The molecule has 4 nitrogen and oxygen atoms in total. The monoisotopic (exact) mass is 364 g/mol. The summed E-state index contributed by atoms with van der Waals surface area (Å²) in [4.78, 5) is 29.6. The fourth-order valence-electron chi connectivity index (χ4n) is 4.35. The largest absolute Gasteiger partial charge is 0.304 e. The van der Waals surface area contributed by atoms with Gasteiger partial charge in [0.1, 0.15) is 0 Å². The minimum Gasteiger partial charge on any atom is -0.304 e. The number of likely N-dealkylation sites (tertiary alicyclic amines) is 1. The molecule has 1 heterocycles. The lowest BCUT2D eigenvalue weighted by molar-refractivity contribution is -0.140. The maximum absolute atomic E-state index is 13.2. The van der Waals surface area contributed by atoms with Crippen LogP contribution in [0.2, 0.25) is 0 Å². The molecule has 1 atom stereocenters. The van der Waals surface area contributed by atoms with Gasteiger partial charge in [0.25, 0.3) is 0 Å². The highest BCUT2D eigenvalue weighted by Gasteiger charge is 2.53. The van der Waals surface area contributed by atoms with Crippen LogP contribution in [0.1, 0.15) is 50.7 Å². The van der Waals surface area contributed by atoms with Crippen LogP contribution in [-0.4, -0.2) is 47.8 Å². The maximum atomic E-state index is 13.2. The number of hydrogen-bond donors (Lipinski definition) is 0. The first-order chi connectivity index (χ1) is 11.6. The highest BCUT2D eigenvalue weighted by Crippen LogP contribution is 2.45. The first kappa shape index (κ1) is 19.9. The molecule has 0 bridgehead atoms. The van der Waals surface area contributed by atoms with E-state index in [0.717, 1.165) is 50.9 Å². The minimum absolute atomic E-state index is 0. The number of nitrogens with zero attached hydrogens (tertiary/aromatic N) is 2. The van der Waals surface area contributed by atoms with Gasteiger partial charge >= 0.3 is 0 Å². The molecule has 0 aromatic heterocycles. The van der Waals surface area contributed by atoms with Crippen molar-refractivity contribution in [1.29, 1.82) is 0 Å². The molecule has 1 aromatic carbocycles. The van der Waals surface area contributed by atoms with Crippen LogP contribution in [0.5, 0.6) is 0 Å². The van der Waals surface area contributed by atoms with Gasteiger partial charge in [-0.15, -0.1) is 12.4 Å². The SMILES string of the molecule is CCN(CC)CCCN1C(=O)CC2(CCCc3ccccc32)C1=O.Cl. The Morgan fingerprint density at radius 2 is 1.88 bits per heavy atom. The van der Waals surface area contributed by atoms with Gasteiger partial charge in [-0.05, 0) is 56.4 Å². The van der Waals surface area contributed by atoms with Gasteiger partial charge in [0.05, 0.1) is 5.41 Å². The van der Waals surface area contributed by atoms with Crippen LogP contribution in [0.3, 0.4) is 0 Å². The quantitative estimate of drug-likeness (QED) is 0.728. The van der Waals surface area contributed by atoms with E-state index in [1.807, 2.05) is 12.1 Å². The van der Waals surface area contributed by atoms with E-state index in [2.05, 4.69) is 30.9 Å². The standard InChI is InChI=1S/C20H28N2O2.ClH/c1-3-21(4-2)13-8-14-22-18(23)15-20(19(22)24)12-7-10-16-9-5-6-11-17(16)20;/h5-6,9,11H,3-4,7-8,10,12-15H2,1-2H3;1H. The van der Waals surface area contributed by atoms with Crippen LogP contribution >= 0.6 is 12.4 Å². The van der Waals surface area contributed by atoms with E-state index < -0.39 is 5.41 Å². The zero-order chi connectivity index (χ0) is 17.2. The van der Waals surface area contributed by atoms with Crippen molar-refractivity contribution >= 4 is 24.2 Å². The minimum atomic E-state index is -0.582. The zero-order valence-corrected chi connectivity index (χ0v) is 16.1. The highest BCUT2D eigenvalue weighted by atomic mass is 35.5. The Kier molecular flexibility index (Phi) is 6.64. The Labute approximate surface area is 157 Å². The van der Waals surface area contributed by atoms with Crippen LogP contribution in [0.25, 0.3) is 0 Å². The zero-order valence-electron chi connectivity index (χ0n) is 15.3. The average Bonchev–Trinajstić information content (AvgIpc) is 2.84. The molecular formula is C20H29ClN2O2. The number of aryl methyl sites for hydroxylation is 1. The number of hydrogen-bond acceptors (Lipinski definition) is 3. The summed E-state index contributed by atoms with van der Waals surface area (Å²) in [5, 5.41) is 0. The molecule has 1 aliphatic heterocycles. The van der Waals surface area contributed by atoms with Crippen molar-refractivity contribution in [3.63, 3.8) is 0 Å². The molecule has 5 heteroatoms. The molecule has 1 fully saturated rings. The van der Waals surface area contributed by atoms with Gasteiger partial charge in [0, 0.05) is 13.0 Å². The molecule has 3 rings (SSSR count). The van der Waals surface area contributed by atoms with Crippen molar-refractivity contribution in [3.05, 3.63) is 35.4 Å². The molecule has 0 saturated carbocycles. The molecular weight excluding hydrogens is 336 g/mol. The van der Waals surface area contributed by atoms with Crippen molar-refractivity contribution in [2.24, 2.45) is 0 Å². The van der Waals surface area contributed by atoms with E-state index in [9.17, 15) is 9.59 Å². The molecule has 1 unspecified atom stereocenters. The molecule has 1 spiro atoms. The third-order valence-electron chi connectivity index (χ3n) is 5.74. The average molecular weight is 365 g/mol. The van der Waals surface area contributed by atoms with Gasteiger partial charge in [-0.1, -0.05) is 38.1 Å². The number of benzene rings is 1. The summed E-state index contributed by atoms with van der Waals surface area (Å²) in [6.45, 7) is 7.80. The van der Waals surface area contributed by atoms with Crippen molar-refractivity contribution in [1.82, 2.24) is 9.80 Å². The maximum Gasteiger partial charge on any atom is 0.240 e. The molecule has 1 aromatic rings. The lowest BCUT2D eigenvalue weighted by atomic mass is 9.69. The first-order valence-electron chi connectivity index (χ1n) is 9.28. The van der Waals surface area contributed by atoms with Gasteiger partial charge in [0.15, 0.2) is 0 Å². The summed E-state index contributed by atoms with van der Waals surface area (Å²) in [5.41, 5.74) is 1.76. The van der Waals surface area contributed by atoms with Crippen LogP contribution < -0.4 is 0 Å². The Hall–Kier alpha value is -1.39. The number of carbonyl (C=O) groups excluding carboxylic acids is 2. The fourth-order valence-corrected chi connectivity index (χ4v) is 4.35. The predicted molar refractivity (Wildman–Crippen MR) is 102 cm³/mol. The van der Waals surface area contributed by atoms with Gasteiger partial charge in [-0.3, -0.25) is 14.5 Å².